The molecular weight excluding hydrogens is 703 g/mol. The monoisotopic (exact) mass is 736 g/mol. The van der Waals surface area contributed by atoms with Crippen LogP contribution >= 0.6 is 0 Å². The van der Waals surface area contributed by atoms with Gasteiger partial charge in [0.15, 0.2) is 0 Å². The maximum absolute atomic E-state index is 2.90. The van der Waals surface area contributed by atoms with Crippen LogP contribution in [0.5, 0.6) is 0 Å². The molecule has 0 atom stereocenters. The molecule has 0 aromatic heterocycles. The van der Waals surface area contributed by atoms with Crippen molar-refractivity contribution in [3.05, 3.63) is 212 Å². The van der Waals surface area contributed by atoms with E-state index in [0.29, 0.717) is 3.63 Å². The summed E-state index contributed by atoms with van der Waals surface area (Å²) in [7, 11) is 0. The van der Waals surface area contributed by atoms with Crippen LogP contribution in [0, 0.1) is 13.8 Å². The quantitative estimate of drug-likeness (QED) is 0.222. The minimum atomic E-state index is -2.90. The van der Waals surface area contributed by atoms with Gasteiger partial charge in [-0.2, -0.15) is 0 Å². The molecule has 0 amide bonds. The number of rotatable bonds is 6. The molecule has 0 fully saturated rings. The Kier molecular flexibility index (Phi) is 10.4. The molecule has 0 bridgehead atoms. The first kappa shape index (κ1) is 34.0. The van der Waals surface area contributed by atoms with Crippen molar-refractivity contribution in [2.75, 3.05) is 0 Å². The summed E-state index contributed by atoms with van der Waals surface area (Å²) in [5, 5.41) is 0. The van der Waals surface area contributed by atoms with Crippen molar-refractivity contribution in [2.24, 2.45) is 0 Å². The van der Waals surface area contributed by atoms with Crippen molar-refractivity contribution in [2.45, 2.75) is 23.9 Å². The van der Waals surface area contributed by atoms with Crippen LogP contribution in [-0.4, -0.2) is 3.21 Å². The zero-order valence-corrected chi connectivity index (χ0v) is 31.1. The summed E-state index contributed by atoms with van der Waals surface area (Å²) in [6.45, 7) is 4.51. The van der Waals surface area contributed by atoms with Gasteiger partial charge in [-0.15, -0.1) is 0 Å². The third kappa shape index (κ3) is 6.33. The smallest absolute Gasteiger partial charge is 1.00 e. The van der Waals surface area contributed by atoms with Crippen LogP contribution in [0.4, 0.5) is 0 Å². The van der Waals surface area contributed by atoms with E-state index in [-0.39, 0.29) is 24.8 Å². The average molecular weight is 739 g/mol. The van der Waals surface area contributed by atoms with Gasteiger partial charge in [0.2, 0.25) is 0 Å². The molecule has 0 radical (unpaired) electrons. The number of allylic oxidation sites excluding steroid dienone is 4. The van der Waals surface area contributed by atoms with Crippen LogP contribution in [-0.2, 0) is 21.3 Å². The third-order valence-corrected chi connectivity index (χ3v) is 17.8. The Morgan fingerprint density at radius 2 is 0.958 bits per heavy atom. The Labute approximate surface area is 304 Å². The molecule has 0 saturated carbocycles. The molecule has 48 heavy (non-hydrogen) atoms. The topological polar surface area (TPSA) is 0 Å². The summed E-state index contributed by atoms with van der Waals surface area (Å²) in [4.78, 5) is 0. The molecule has 6 aromatic carbocycles. The molecular formula is C45H36Cl2Zr. The van der Waals surface area contributed by atoms with Crippen LogP contribution in [0.1, 0.15) is 54.6 Å². The van der Waals surface area contributed by atoms with E-state index in [9.17, 15) is 0 Å². The number of aryl methyl sites for hydroxylation is 2. The molecule has 234 valence electrons. The van der Waals surface area contributed by atoms with E-state index < -0.39 is 21.3 Å². The van der Waals surface area contributed by atoms with Crippen molar-refractivity contribution < 1.29 is 46.1 Å². The average Bonchev–Trinajstić information content (AvgIpc) is 3.68. The third-order valence-electron chi connectivity index (χ3n) is 9.57. The van der Waals surface area contributed by atoms with Gasteiger partial charge < -0.3 is 24.8 Å². The minimum Gasteiger partial charge on any atom is -1.00 e. The fourth-order valence-electron chi connectivity index (χ4n) is 7.53. The van der Waals surface area contributed by atoms with E-state index in [2.05, 4.69) is 178 Å². The van der Waals surface area contributed by atoms with Gasteiger partial charge in [0.05, 0.1) is 0 Å². The maximum atomic E-state index is 2.63. The normalized spacial score (nSPS) is 13.0. The number of hydrogen-bond donors (Lipinski definition) is 0. The molecule has 2 aliphatic carbocycles. The van der Waals surface area contributed by atoms with Crippen molar-refractivity contribution in [3.8, 4) is 11.1 Å². The van der Waals surface area contributed by atoms with Gasteiger partial charge in [0.1, 0.15) is 0 Å². The summed E-state index contributed by atoms with van der Waals surface area (Å²) in [6.07, 6.45) is 3.62. The Hall–Kier alpha value is -3.87. The van der Waals surface area contributed by atoms with Crippen molar-refractivity contribution in [1.82, 2.24) is 0 Å². The van der Waals surface area contributed by atoms with Crippen LogP contribution in [0.3, 0.4) is 0 Å². The fourth-order valence-corrected chi connectivity index (χ4v) is 16.6. The predicted octanol–water partition coefficient (Wildman–Crippen LogP) is 5.17. The molecule has 3 heteroatoms. The molecule has 2 aliphatic rings. The summed E-state index contributed by atoms with van der Waals surface area (Å²) in [5.74, 6) is 0. The standard InChI is InChI=1S/C17H13.C15H13.C13H10.2ClH.Zr/c1-3-8-14(9-4-1)16-12-7-13-17(16)15-10-5-2-6-11-15;1-10-3-5-14-12(7-10)9-13-8-11(2)4-6-15(13)14;1-3-7-12(8-4-1)11-13-9-5-2-6-10-13;;;/h1-6,8-12H,13H2;3-9H,1-2H3;1-10H;2*1H;/q;;;;;+2/p-2. The summed E-state index contributed by atoms with van der Waals surface area (Å²) >= 11 is -2.90. The van der Waals surface area contributed by atoms with Gasteiger partial charge in [0.25, 0.3) is 0 Å². The van der Waals surface area contributed by atoms with Crippen molar-refractivity contribution in [1.29, 1.82) is 0 Å². The first-order valence-electron chi connectivity index (χ1n) is 16.3. The zero-order valence-electron chi connectivity index (χ0n) is 27.1. The van der Waals surface area contributed by atoms with Crippen molar-refractivity contribution in [3.63, 3.8) is 0 Å². The molecule has 0 unspecified atom stereocenters. The number of halogens is 2. The van der Waals surface area contributed by atoms with E-state index >= 15 is 0 Å². The molecule has 6 aromatic rings. The van der Waals surface area contributed by atoms with Crippen LogP contribution in [0.15, 0.2) is 167 Å². The van der Waals surface area contributed by atoms with E-state index in [0.717, 1.165) is 6.42 Å². The number of benzene rings is 6. The van der Waals surface area contributed by atoms with E-state index in [1.165, 1.54) is 66.8 Å². The predicted molar refractivity (Wildman–Crippen MR) is 192 cm³/mol. The van der Waals surface area contributed by atoms with Crippen molar-refractivity contribution >= 4 is 14.4 Å². The SMILES string of the molecule is Cc1ccc2c(c1)[CH]([Zr+2]([C]1=CC(c3ccccc3)=C(c3ccccc3)C1)=[C](c1ccccc1)c1ccccc1)c1cc(C)ccc1-2.[Cl-].[Cl-]. The molecule has 0 spiro atoms. The summed E-state index contributed by atoms with van der Waals surface area (Å²) in [6, 6.07) is 59.1. The molecule has 8 rings (SSSR count). The van der Waals surface area contributed by atoms with Gasteiger partial charge in [-0.1, -0.05) is 0 Å². The molecule has 0 N–H and O–H groups in total. The van der Waals surface area contributed by atoms with Crippen LogP contribution < -0.4 is 24.8 Å². The Balaban J connectivity index is 0.00000201. The van der Waals surface area contributed by atoms with E-state index in [1.54, 1.807) is 6.49 Å². The first-order valence-corrected chi connectivity index (χ1v) is 20.1. The Bertz CT molecular complexity index is 2070. The molecule has 0 heterocycles. The van der Waals surface area contributed by atoms with Gasteiger partial charge in [-0.05, 0) is 0 Å². The van der Waals surface area contributed by atoms with Crippen LogP contribution in [0.25, 0.3) is 22.3 Å². The molecule has 0 aliphatic heterocycles. The number of hydrogen-bond acceptors (Lipinski definition) is 0. The maximum Gasteiger partial charge on any atom is -1.00 e. The second kappa shape index (κ2) is 14.7. The van der Waals surface area contributed by atoms with E-state index in [1.807, 2.05) is 0 Å². The minimum absolute atomic E-state index is 0. The number of fused-ring (bicyclic) bond motifs is 3. The molecule has 0 saturated heterocycles. The Morgan fingerprint density at radius 1 is 0.521 bits per heavy atom. The molecule has 0 nitrogen and oxygen atoms in total. The van der Waals surface area contributed by atoms with Gasteiger partial charge in [-0.3, -0.25) is 0 Å². The fraction of sp³-hybridized carbons (Fsp3) is 0.0889. The Morgan fingerprint density at radius 3 is 1.44 bits per heavy atom. The van der Waals surface area contributed by atoms with E-state index in [4.69, 9.17) is 0 Å². The van der Waals surface area contributed by atoms with Gasteiger partial charge in [0, 0.05) is 0 Å². The van der Waals surface area contributed by atoms with Gasteiger partial charge >= 0.3 is 282 Å². The second-order valence-corrected chi connectivity index (χ2v) is 18.9. The summed E-state index contributed by atoms with van der Waals surface area (Å²) in [5.41, 5.74) is 16.8. The first-order chi connectivity index (χ1) is 22.7. The van der Waals surface area contributed by atoms with Crippen LogP contribution in [0.2, 0.25) is 0 Å². The second-order valence-electron chi connectivity index (χ2n) is 12.6. The largest absolute Gasteiger partial charge is 1.00 e. The van der Waals surface area contributed by atoms with Gasteiger partial charge in [-0.25, -0.2) is 0 Å². The summed E-state index contributed by atoms with van der Waals surface area (Å²) < 4.78 is 3.62. The zero-order chi connectivity index (χ0) is 31.0.